The minimum absolute atomic E-state index is 0.00710. The first kappa shape index (κ1) is 24.3. The highest BCUT2D eigenvalue weighted by Gasteiger charge is 2.24. The average molecular weight is 475 g/mol. The molecular formula is C29H31FN2O3. The zero-order valence-electron chi connectivity index (χ0n) is 20.6. The summed E-state index contributed by atoms with van der Waals surface area (Å²) >= 11 is 0. The molecule has 0 bridgehead atoms. The van der Waals surface area contributed by atoms with Crippen LogP contribution in [0.25, 0.3) is 10.9 Å². The number of aromatic nitrogens is 1. The lowest BCUT2D eigenvalue weighted by atomic mass is 9.87. The number of para-hydroxylation sites is 1. The molecule has 35 heavy (non-hydrogen) atoms. The van der Waals surface area contributed by atoms with E-state index < -0.39 is 0 Å². The van der Waals surface area contributed by atoms with Gasteiger partial charge in [0, 0.05) is 50.1 Å². The van der Waals surface area contributed by atoms with Crippen molar-refractivity contribution in [3.63, 3.8) is 0 Å². The zero-order chi connectivity index (χ0) is 24.9. The van der Waals surface area contributed by atoms with Crippen molar-refractivity contribution in [1.82, 2.24) is 9.47 Å². The van der Waals surface area contributed by atoms with Gasteiger partial charge in [-0.15, -0.1) is 0 Å². The summed E-state index contributed by atoms with van der Waals surface area (Å²) < 4.78 is 26.9. The molecule has 0 saturated carbocycles. The number of hydrogen-bond donors (Lipinski definition) is 0. The monoisotopic (exact) mass is 474 g/mol. The molecule has 1 aromatic heterocycles. The Morgan fingerprint density at radius 2 is 1.77 bits per heavy atom. The number of nitrogens with zero attached hydrogens (tertiary/aromatic N) is 2. The Hall–Kier alpha value is -3.80. The summed E-state index contributed by atoms with van der Waals surface area (Å²) in [7, 11) is 7.02. The molecule has 0 spiro atoms. The molecule has 0 aliphatic carbocycles. The van der Waals surface area contributed by atoms with Gasteiger partial charge in [-0.25, -0.2) is 4.39 Å². The lowest BCUT2D eigenvalue weighted by Gasteiger charge is -2.22. The van der Waals surface area contributed by atoms with Crippen LogP contribution in [0.15, 0.2) is 72.9 Å². The van der Waals surface area contributed by atoms with E-state index in [4.69, 9.17) is 9.47 Å². The number of rotatable bonds is 9. The molecule has 0 aliphatic heterocycles. The molecule has 0 radical (unpaired) electrons. The van der Waals surface area contributed by atoms with Crippen LogP contribution in [0.1, 0.15) is 29.0 Å². The van der Waals surface area contributed by atoms with Gasteiger partial charge >= 0.3 is 0 Å². The van der Waals surface area contributed by atoms with Gasteiger partial charge in [0.15, 0.2) is 11.5 Å². The van der Waals surface area contributed by atoms with Crippen molar-refractivity contribution in [2.24, 2.45) is 7.05 Å². The predicted octanol–water partition coefficient (Wildman–Crippen LogP) is 5.56. The van der Waals surface area contributed by atoms with E-state index in [1.54, 1.807) is 25.2 Å². The topological polar surface area (TPSA) is 43.7 Å². The van der Waals surface area contributed by atoms with Crippen LogP contribution in [-0.4, -0.2) is 43.2 Å². The van der Waals surface area contributed by atoms with Gasteiger partial charge in [-0.2, -0.15) is 0 Å². The summed E-state index contributed by atoms with van der Waals surface area (Å²) in [5, 5.41) is 1.07. The molecule has 0 N–H and O–H groups in total. The molecule has 4 rings (SSSR count). The van der Waals surface area contributed by atoms with Gasteiger partial charge in [-0.1, -0.05) is 36.4 Å². The van der Waals surface area contributed by atoms with Crippen molar-refractivity contribution >= 4 is 16.8 Å². The molecule has 182 valence electrons. The summed E-state index contributed by atoms with van der Waals surface area (Å²) in [4.78, 5) is 15.1. The van der Waals surface area contributed by atoms with Crippen LogP contribution < -0.4 is 9.47 Å². The number of methoxy groups -OCH3 is 2. The Morgan fingerprint density at radius 1 is 1.00 bits per heavy atom. The maximum absolute atomic E-state index is 14.2. The van der Waals surface area contributed by atoms with Gasteiger partial charge < -0.3 is 18.9 Å². The first-order valence-electron chi connectivity index (χ1n) is 11.7. The van der Waals surface area contributed by atoms with Crippen LogP contribution in [-0.2, 0) is 18.3 Å². The van der Waals surface area contributed by atoms with Crippen molar-refractivity contribution in [2.45, 2.75) is 18.8 Å². The van der Waals surface area contributed by atoms with E-state index in [2.05, 4.69) is 22.9 Å². The van der Waals surface area contributed by atoms with E-state index in [0.717, 1.165) is 27.6 Å². The minimum Gasteiger partial charge on any atom is -0.493 e. The summed E-state index contributed by atoms with van der Waals surface area (Å²) in [5.74, 6) is 0.789. The predicted molar refractivity (Wildman–Crippen MR) is 137 cm³/mol. The summed E-state index contributed by atoms with van der Waals surface area (Å²) in [5.41, 5.74) is 3.95. The maximum Gasteiger partial charge on any atom is 0.223 e. The number of fused-ring (bicyclic) bond motifs is 1. The Kier molecular flexibility index (Phi) is 7.39. The number of hydrogen-bond acceptors (Lipinski definition) is 3. The molecule has 3 aromatic carbocycles. The highest BCUT2D eigenvalue weighted by molar-refractivity contribution is 5.86. The SMILES string of the molecule is COc1ccc(CCN(C)C(=O)C[C@@H](c2cccc(F)c2)c2cn(C)c3ccccc23)cc1OC. The molecule has 1 heterocycles. The smallest absolute Gasteiger partial charge is 0.223 e. The van der Waals surface area contributed by atoms with Gasteiger partial charge in [0.1, 0.15) is 5.82 Å². The number of halogens is 1. The number of aryl methyl sites for hydroxylation is 1. The van der Waals surface area contributed by atoms with E-state index in [0.29, 0.717) is 24.5 Å². The summed E-state index contributed by atoms with van der Waals surface area (Å²) in [6, 6.07) is 20.4. The van der Waals surface area contributed by atoms with E-state index in [9.17, 15) is 9.18 Å². The van der Waals surface area contributed by atoms with Gasteiger partial charge in [0.25, 0.3) is 0 Å². The third-order valence-electron chi connectivity index (χ3n) is 6.54. The molecule has 6 heteroatoms. The summed E-state index contributed by atoms with van der Waals surface area (Å²) in [6.07, 6.45) is 2.98. The maximum atomic E-state index is 14.2. The second kappa shape index (κ2) is 10.6. The molecular weight excluding hydrogens is 443 g/mol. The number of ether oxygens (including phenoxy) is 2. The van der Waals surface area contributed by atoms with Crippen LogP contribution in [0.2, 0.25) is 0 Å². The molecule has 5 nitrogen and oxygen atoms in total. The second-order valence-corrected chi connectivity index (χ2v) is 8.78. The van der Waals surface area contributed by atoms with E-state index in [1.165, 1.54) is 12.1 Å². The van der Waals surface area contributed by atoms with Crippen molar-refractivity contribution in [2.75, 3.05) is 27.8 Å². The van der Waals surface area contributed by atoms with Crippen molar-refractivity contribution in [3.05, 3.63) is 95.4 Å². The first-order chi connectivity index (χ1) is 16.9. The number of carbonyl (C=O) groups is 1. The third kappa shape index (κ3) is 5.32. The summed E-state index contributed by atoms with van der Waals surface area (Å²) in [6.45, 7) is 0.555. The van der Waals surface area contributed by atoms with Gasteiger partial charge in [-0.05, 0) is 53.4 Å². The fraction of sp³-hybridized carbons (Fsp3) is 0.276. The van der Waals surface area contributed by atoms with Crippen LogP contribution >= 0.6 is 0 Å². The highest BCUT2D eigenvalue weighted by Crippen LogP contribution is 2.35. The largest absolute Gasteiger partial charge is 0.493 e. The minimum atomic E-state index is -0.304. The molecule has 0 aliphatic rings. The number of amides is 1. The number of benzene rings is 3. The van der Waals surface area contributed by atoms with Crippen molar-refractivity contribution in [3.8, 4) is 11.5 Å². The highest BCUT2D eigenvalue weighted by atomic mass is 19.1. The Bertz CT molecular complexity index is 1330. The fourth-order valence-electron chi connectivity index (χ4n) is 4.57. The standard InChI is InChI=1S/C29H31FN2O3/c1-31(15-14-20-12-13-27(34-3)28(16-20)35-4)29(33)18-24(21-8-7-9-22(30)17-21)25-19-32(2)26-11-6-5-10-23(25)26/h5-13,16-17,19,24H,14-15,18H2,1-4H3/t24-/m0/s1. The average Bonchev–Trinajstić information content (AvgIpc) is 3.21. The lowest BCUT2D eigenvalue weighted by Crippen LogP contribution is -2.30. The molecule has 0 fully saturated rings. The Labute approximate surface area is 205 Å². The molecule has 1 amide bonds. The van der Waals surface area contributed by atoms with Crippen LogP contribution in [0, 0.1) is 5.82 Å². The quantitative estimate of drug-likeness (QED) is 0.319. The Balaban J connectivity index is 1.56. The molecule has 0 unspecified atom stereocenters. The second-order valence-electron chi connectivity index (χ2n) is 8.78. The fourth-order valence-corrected chi connectivity index (χ4v) is 4.57. The van der Waals surface area contributed by atoms with E-state index >= 15 is 0 Å². The van der Waals surface area contributed by atoms with Crippen LogP contribution in [0.4, 0.5) is 4.39 Å². The molecule has 4 aromatic rings. The van der Waals surface area contributed by atoms with Crippen LogP contribution in [0.3, 0.4) is 0 Å². The first-order valence-corrected chi connectivity index (χ1v) is 11.7. The van der Waals surface area contributed by atoms with Crippen molar-refractivity contribution in [1.29, 1.82) is 0 Å². The lowest BCUT2D eigenvalue weighted by molar-refractivity contribution is -0.130. The molecule has 1 atom stereocenters. The van der Waals surface area contributed by atoms with Gasteiger partial charge in [0.05, 0.1) is 14.2 Å². The zero-order valence-corrected chi connectivity index (χ0v) is 20.6. The number of carbonyl (C=O) groups excluding carboxylic acids is 1. The Morgan fingerprint density at radius 3 is 2.51 bits per heavy atom. The van der Waals surface area contributed by atoms with E-state index in [1.807, 2.05) is 50.5 Å². The van der Waals surface area contributed by atoms with E-state index in [-0.39, 0.29) is 24.1 Å². The molecule has 0 saturated heterocycles. The number of likely N-dealkylation sites (N-methyl/N-ethyl adjacent to an activating group) is 1. The van der Waals surface area contributed by atoms with Crippen molar-refractivity contribution < 1.29 is 18.7 Å². The normalized spacial score (nSPS) is 11.9. The van der Waals surface area contributed by atoms with Gasteiger partial charge in [0.2, 0.25) is 5.91 Å². The third-order valence-corrected chi connectivity index (χ3v) is 6.54. The van der Waals surface area contributed by atoms with Gasteiger partial charge in [-0.3, -0.25) is 4.79 Å². The van der Waals surface area contributed by atoms with Crippen LogP contribution in [0.5, 0.6) is 11.5 Å².